The summed E-state index contributed by atoms with van der Waals surface area (Å²) >= 11 is 6.34. The molecule has 7 heteroatoms. The predicted molar refractivity (Wildman–Crippen MR) is 158 cm³/mol. The zero-order valence-electron chi connectivity index (χ0n) is 23.6. The van der Waals surface area contributed by atoms with Crippen molar-refractivity contribution in [3.63, 3.8) is 0 Å². The van der Waals surface area contributed by atoms with Crippen LogP contribution in [0.3, 0.4) is 0 Å². The molecule has 3 aromatic rings. The van der Waals surface area contributed by atoms with Crippen molar-refractivity contribution in [3.8, 4) is 0 Å². The number of carbonyl (C=O) groups excluding carboxylic acids is 4. The van der Waals surface area contributed by atoms with Crippen LogP contribution in [-0.4, -0.2) is 30.2 Å². The van der Waals surface area contributed by atoms with E-state index in [1.807, 2.05) is 50.2 Å². The summed E-state index contributed by atoms with van der Waals surface area (Å²) in [6.07, 6.45) is 2.84. The Bertz CT molecular complexity index is 1570. The van der Waals surface area contributed by atoms with Crippen LogP contribution in [0.2, 0.25) is 5.02 Å². The molecule has 1 aliphatic heterocycles. The lowest BCUT2D eigenvalue weighted by Crippen LogP contribution is -2.52. The number of hydrogen-bond acceptors (Lipinski definition) is 5. The third-order valence-corrected chi connectivity index (χ3v) is 8.45. The summed E-state index contributed by atoms with van der Waals surface area (Å²) in [6.45, 7) is 7.01. The highest BCUT2D eigenvalue weighted by Gasteiger charge is 2.66. The molecule has 0 radical (unpaired) electrons. The number of benzene rings is 3. The third-order valence-electron chi connectivity index (χ3n) is 8.21. The first-order valence-electron chi connectivity index (χ1n) is 13.8. The number of Topliss-reactive ketones (excluding diaryl/α,β-unsaturated/α-hetero) is 1. The van der Waals surface area contributed by atoms with Crippen LogP contribution in [0.4, 0.5) is 5.69 Å². The van der Waals surface area contributed by atoms with E-state index in [1.165, 1.54) is 6.92 Å². The minimum absolute atomic E-state index is 0.0730. The van der Waals surface area contributed by atoms with Crippen molar-refractivity contribution in [1.29, 1.82) is 0 Å². The fraction of sp³-hybridized carbons (Fsp3) is 0.294. The molecule has 6 nitrogen and oxygen atoms in total. The molecule has 0 saturated carbocycles. The first kappa shape index (κ1) is 28.5. The lowest BCUT2D eigenvalue weighted by Gasteiger charge is -2.35. The smallest absolute Gasteiger partial charge is 0.315 e. The second kappa shape index (κ2) is 11.1. The summed E-state index contributed by atoms with van der Waals surface area (Å²) in [4.78, 5) is 56.5. The van der Waals surface area contributed by atoms with Gasteiger partial charge in [0.1, 0.15) is 11.3 Å². The number of esters is 1. The predicted octanol–water partition coefficient (Wildman–Crippen LogP) is 6.34. The molecular formula is C34H32ClNO5. The molecule has 3 aromatic carbocycles. The number of nitrogens with zero attached hydrogens (tertiary/aromatic N) is 1. The highest BCUT2D eigenvalue weighted by Crippen LogP contribution is 2.59. The van der Waals surface area contributed by atoms with Crippen LogP contribution >= 0.6 is 11.6 Å². The van der Waals surface area contributed by atoms with Gasteiger partial charge < -0.3 is 4.74 Å². The number of aryl methyl sites for hydroxylation is 3. The van der Waals surface area contributed by atoms with E-state index in [2.05, 4.69) is 0 Å². The van der Waals surface area contributed by atoms with Crippen LogP contribution in [0.15, 0.2) is 78.4 Å². The van der Waals surface area contributed by atoms with E-state index in [-0.39, 0.29) is 18.0 Å². The molecule has 1 aliphatic carbocycles. The second-order valence-corrected chi connectivity index (χ2v) is 11.3. The molecule has 0 fully saturated rings. The molecule has 1 spiro atoms. The number of hydrogen-bond donors (Lipinski definition) is 0. The van der Waals surface area contributed by atoms with Crippen LogP contribution in [-0.2, 0) is 31.0 Å². The largest absolute Gasteiger partial charge is 0.465 e. The quantitative estimate of drug-likeness (QED) is 0.245. The zero-order chi connectivity index (χ0) is 29.5. The fourth-order valence-corrected chi connectivity index (χ4v) is 6.47. The molecule has 0 N–H and O–H groups in total. The molecule has 3 atom stereocenters. The van der Waals surface area contributed by atoms with Crippen LogP contribution in [0, 0.1) is 25.7 Å². The summed E-state index contributed by atoms with van der Waals surface area (Å²) in [5.41, 5.74) is 3.10. The molecule has 0 bridgehead atoms. The van der Waals surface area contributed by atoms with Crippen molar-refractivity contribution < 1.29 is 23.9 Å². The van der Waals surface area contributed by atoms with E-state index in [0.717, 1.165) is 21.6 Å². The molecule has 1 heterocycles. The van der Waals surface area contributed by atoms with Gasteiger partial charge in [0.05, 0.1) is 12.3 Å². The van der Waals surface area contributed by atoms with Crippen LogP contribution < -0.4 is 4.90 Å². The van der Waals surface area contributed by atoms with Gasteiger partial charge in [-0.05, 0) is 62.8 Å². The van der Waals surface area contributed by atoms with Crippen LogP contribution in [0.25, 0.3) is 0 Å². The highest BCUT2D eigenvalue weighted by molar-refractivity contribution is 6.32. The van der Waals surface area contributed by atoms with Gasteiger partial charge >= 0.3 is 5.97 Å². The lowest BCUT2D eigenvalue weighted by atomic mass is 9.64. The standard InChI is InChI=1S/C34H32ClNO5/c1-5-41-32(39)30-27(31(38)24-13-8-21(3)9-14-24)18-25(15-12-23-10-6-20(2)7-11-23)34(30)28-17-16-26(35)19-29(28)36(22(4)37)33(34)40/h6-11,13-14,16-19,25,30H,5,12,15H2,1-4H3/t25-,30+,34+/m1/s1. The van der Waals surface area contributed by atoms with Gasteiger partial charge in [-0.25, -0.2) is 4.90 Å². The Labute approximate surface area is 245 Å². The van der Waals surface area contributed by atoms with Gasteiger partial charge in [0, 0.05) is 23.1 Å². The van der Waals surface area contributed by atoms with E-state index < -0.39 is 35.0 Å². The number of anilines is 1. The minimum atomic E-state index is -1.54. The lowest BCUT2D eigenvalue weighted by molar-refractivity contribution is -0.152. The maximum Gasteiger partial charge on any atom is 0.315 e. The number of ketones is 1. The van der Waals surface area contributed by atoms with E-state index in [1.54, 1.807) is 43.3 Å². The topological polar surface area (TPSA) is 80.8 Å². The Morgan fingerprint density at radius 2 is 1.59 bits per heavy atom. The van der Waals surface area contributed by atoms with Crippen molar-refractivity contribution in [1.82, 2.24) is 0 Å². The fourth-order valence-electron chi connectivity index (χ4n) is 6.31. The Morgan fingerprint density at radius 3 is 2.20 bits per heavy atom. The van der Waals surface area contributed by atoms with Crippen LogP contribution in [0.1, 0.15) is 52.9 Å². The highest BCUT2D eigenvalue weighted by atomic mass is 35.5. The van der Waals surface area contributed by atoms with Gasteiger partial charge in [-0.2, -0.15) is 0 Å². The molecule has 5 rings (SSSR count). The number of imide groups is 1. The van der Waals surface area contributed by atoms with Gasteiger partial charge in [-0.1, -0.05) is 83.4 Å². The van der Waals surface area contributed by atoms with E-state index in [9.17, 15) is 19.2 Å². The number of halogens is 1. The molecular weight excluding hydrogens is 538 g/mol. The number of fused-ring (bicyclic) bond motifs is 2. The summed E-state index contributed by atoms with van der Waals surface area (Å²) in [7, 11) is 0. The van der Waals surface area contributed by atoms with Crippen molar-refractivity contribution in [2.24, 2.45) is 11.8 Å². The number of carbonyl (C=O) groups is 4. The Balaban J connectivity index is 1.72. The molecule has 41 heavy (non-hydrogen) atoms. The van der Waals surface area contributed by atoms with Crippen molar-refractivity contribution in [3.05, 3.63) is 111 Å². The average Bonchev–Trinajstić information content (AvgIpc) is 3.41. The van der Waals surface area contributed by atoms with Gasteiger partial charge in [-0.3, -0.25) is 19.2 Å². The normalized spacial score (nSPS) is 21.1. The van der Waals surface area contributed by atoms with Gasteiger partial charge in [0.25, 0.3) is 0 Å². The number of allylic oxidation sites excluding steroid dienone is 1. The molecule has 0 saturated heterocycles. The monoisotopic (exact) mass is 569 g/mol. The van der Waals surface area contributed by atoms with Crippen molar-refractivity contribution in [2.75, 3.05) is 11.5 Å². The maximum atomic E-state index is 14.6. The van der Waals surface area contributed by atoms with E-state index in [4.69, 9.17) is 16.3 Å². The number of ether oxygens (including phenoxy) is 1. The summed E-state index contributed by atoms with van der Waals surface area (Å²) in [5, 5.41) is 0.352. The Morgan fingerprint density at radius 1 is 0.951 bits per heavy atom. The Kier molecular flexibility index (Phi) is 7.71. The molecule has 0 aromatic heterocycles. The average molecular weight is 570 g/mol. The third kappa shape index (κ3) is 4.80. The summed E-state index contributed by atoms with van der Waals surface area (Å²) < 4.78 is 5.54. The van der Waals surface area contributed by atoms with Gasteiger partial charge in [0.2, 0.25) is 11.8 Å². The minimum Gasteiger partial charge on any atom is -0.465 e. The number of amides is 2. The second-order valence-electron chi connectivity index (χ2n) is 10.8. The first-order valence-corrected chi connectivity index (χ1v) is 14.2. The Hall–Kier alpha value is -4.03. The van der Waals surface area contributed by atoms with Crippen molar-refractivity contribution >= 4 is 40.9 Å². The van der Waals surface area contributed by atoms with Crippen molar-refractivity contribution in [2.45, 2.75) is 46.0 Å². The first-order chi connectivity index (χ1) is 19.6. The van der Waals surface area contributed by atoms with Gasteiger partial charge in [0.15, 0.2) is 5.78 Å². The molecule has 0 unspecified atom stereocenters. The maximum absolute atomic E-state index is 14.6. The number of rotatable bonds is 7. The van der Waals surface area contributed by atoms with E-state index in [0.29, 0.717) is 34.7 Å². The van der Waals surface area contributed by atoms with Gasteiger partial charge in [-0.15, -0.1) is 0 Å². The SMILES string of the molecule is CCOC(=O)[C@@H]1C(C(=O)c2ccc(C)cc2)=C[C@@H](CCc2ccc(C)cc2)[C@@]12C(=O)N(C(C)=O)c1cc(Cl)ccc12. The molecule has 2 amide bonds. The van der Waals surface area contributed by atoms with E-state index >= 15 is 0 Å². The summed E-state index contributed by atoms with van der Waals surface area (Å²) in [5.74, 6) is -3.86. The summed E-state index contributed by atoms with van der Waals surface area (Å²) in [6, 6.07) is 20.2. The molecule has 210 valence electrons. The van der Waals surface area contributed by atoms with Crippen LogP contribution in [0.5, 0.6) is 0 Å². The zero-order valence-corrected chi connectivity index (χ0v) is 24.3. The molecule has 2 aliphatic rings.